The summed E-state index contributed by atoms with van der Waals surface area (Å²) in [5.41, 5.74) is 0. The van der Waals surface area contributed by atoms with Gasteiger partial charge in [-0.2, -0.15) is 0 Å². The zero-order valence-electron chi connectivity index (χ0n) is 16.5. The van der Waals surface area contributed by atoms with Crippen LogP contribution in [0.25, 0.3) is 0 Å². The van der Waals surface area contributed by atoms with Gasteiger partial charge >= 0.3 is 6.03 Å². The van der Waals surface area contributed by atoms with Gasteiger partial charge in [-0.1, -0.05) is 19.3 Å². The Morgan fingerprint density at radius 1 is 1.04 bits per heavy atom. The Balaban J connectivity index is 1.36. The maximum absolute atomic E-state index is 12.8. The van der Waals surface area contributed by atoms with Gasteiger partial charge in [-0.15, -0.1) is 0 Å². The van der Waals surface area contributed by atoms with E-state index in [2.05, 4.69) is 22.2 Å². The lowest BCUT2D eigenvalue weighted by Gasteiger charge is -2.51. The molecule has 0 radical (unpaired) electrons. The fourth-order valence-electron chi connectivity index (χ4n) is 5.33. The van der Waals surface area contributed by atoms with Gasteiger partial charge in [0.05, 0.1) is 5.75 Å². The fourth-order valence-corrected chi connectivity index (χ4v) is 7.74. The van der Waals surface area contributed by atoms with Gasteiger partial charge in [-0.05, 0) is 32.2 Å². The predicted molar refractivity (Wildman–Crippen MR) is 106 cm³/mol. The van der Waals surface area contributed by atoms with Crippen LogP contribution in [0.4, 0.5) is 4.79 Å². The second-order valence-corrected chi connectivity index (χ2v) is 11.6. The Morgan fingerprint density at radius 3 is 2.37 bits per heavy atom. The van der Waals surface area contributed by atoms with Gasteiger partial charge in [0.25, 0.3) is 0 Å². The summed E-state index contributed by atoms with van der Waals surface area (Å²) >= 11 is 0. The first-order valence-electron chi connectivity index (χ1n) is 10.6. The van der Waals surface area contributed by atoms with Gasteiger partial charge in [-0.25, -0.2) is 13.2 Å². The lowest BCUT2D eigenvalue weighted by Crippen LogP contribution is -2.71. The third-order valence-electron chi connectivity index (χ3n) is 7.31. The molecule has 7 nitrogen and oxygen atoms in total. The number of carbonyl (C=O) groups excluding carboxylic acids is 1. The molecule has 0 aromatic rings. The number of hydrogen-bond donors (Lipinski definition) is 1. The molecule has 1 N–H and O–H groups in total. The van der Waals surface area contributed by atoms with Crippen molar-refractivity contribution in [2.24, 2.45) is 5.92 Å². The van der Waals surface area contributed by atoms with E-state index in [0.717, 1.165) is 52.0 Å². The predicted octanol–water partition coefficient (Wildman–Crippen LogP) is 0.765. The highest BCUT2D eigenvalue weighted by molar-refractivity contribution is 7.93. The van der Waals surface area contributed by atoms with E-state index in [9.17, 15) is 13.2 Å². The summed E-state index contributed by atoms with van der Waals surface area (Å²) in [4.78, 5) is 19.0. The van der Waals surface area contributed by atoms with Crippen molar-refractivity contribution in [3.63, 3.8) is 0 Å². The molecule has 0 aromatic carbocycles. The van der Waals surface area contributed by atoms with E-state index in [1.807, 2.05) is 0 Å². The van der Waals surface area contributed by atoms with Crippen LogP contribution in [-0.4, -0.2) is 98.6 Å². The molecule has 0 aromatic heterocycles. The summed E-state index contributed by atoms with van der Waals surface area (Å²) in [6, 6.07) is 0.206. The first-order valence-corrected chi connectivity index (χ1v) is 12.2. The van der Waals surface area contributed by atoms with Crippen LogP contribution in [0.15, 0.2) is 0 Å². The van der Waals surface area contributed by atoms with Crippen LogP contribution in [0.3, 0.4) is 0 Å². The number of sulfone groups is 1. The first kappa shape index (κ1) is 19.5. The van der Waals surface area contributed by atoms with Gasteiger partial charge in [0.15, 0.2) is 9.84 Å². The molecule has 1 aliphatic carbocycles. The number of amides is 2. The van der Waals surface area contributed by atoms with Gasteiger partial charge < -0.3 is 20.0 Å². The van der Waals surface area contributed by atoms with Gasteiger partial charge in [0.2, 0.25) is 0 Å². The van der Waals surface area contributed by atoms with Crippen LogP contribution in [0.5, 0.6) is 0 Å². The van der Waals surface area contributed by atoms with Crippen molar-refractivity contribution < 1.29 is 13.2 Å². The standard InChI is InChI=1S/C19H34N4O3S/c1-21-8-10-22(11-9-21)13-16-7-12-27(25,26)19(16)14-23(15-19)18(24)20-17-5-3-2-4-6-17/h16-17H,2-15H2,1H3,(H,20,24). The molecule has 8 heteroatoms. The average Bonchev–Trinajstić information content (AvgIpc) is 2.87. The van der Waals surface area contributed by atoms with Crippen molar-refractivity contribution in [1.82, 2.24) is 20.0 Å². The van der Waals surface area contributed by atoms with Crippen molar-refractivity contribution in [1.29, 1.82) is 0 Å². The van der Waals surface area contributed by atoms with Crippen molar-refractivity contribution in [2.45, 2.75) is 49.3 Å². The average molecular weight is 399 g/mol. The summed E-state index contributed by atoms with van der Waals surface area (Å²) in [5, 5.41) is 3.13. The molecule has 1 unspecified atom stereocenters. The van der Waals surface area contributed by atoms with Gasteiger partial charge in [-0.3, -0.25) is 0 Å². The molecule has 0 bridgehead atoms. The van der Waals surface area contributed by atoms with Crippen molar-refractivity contribution in [3.05, 3.63) is 0 Å². The van der Waals surface area contributed by atoms with E-state index in [4.69, 9.17) is 0 Å². The van der Waals surface area contributed by atoms with Crippen LogP contribution < -0.4 is 5.32 Å². The highest BCUT2D eigenvalue weighted by Gasteiger charge is 2.62. The van der Waals surface area contributed by atoms with Crippen LogP contribution in [0.2, 0.25) is 0 Å². The molecule has 154 valence electrons. The molecule has 3 heterocycles. The highest BCUT2D eigenvalue weighted by atomic mass is 32.2. The molecule has 1 spiro atoms. The van der Waals surface area contributed by atoms with Crippen molar-refractivity contribution >= 4 is 15.9 Å². The largest absolute Gasteiger partial charge is 0.335 e. The molecule has 4 rings (SSSR count). The zero-order valence-corrected chi connectivity index (χ0v) is 17.3. The van der Waals surface area contributed by atoms with E-state index in [-0.39, 0.29) is 23.7 Å². The van der Waals surface area contributed by atoms with Crippen LogP contribution in [0, 0.1) is 5.92 Å². The Hall–Kier alpha value is -0.860. The van der Waals surface area contributed by atoms with Gasteiger partial charge in [0.1, 0.15) is 4.75 Å². The van der Waals surface area contributed by atoms with Crippen LogP contribution in [-0.2, 0) is 9.84 Å². The molecule has 4 fully saturated rings. The quantitative estimate of drug-likeness (QED) is 0.760. The number of likely N-dealkylation sites (tertiary alicyclic amines) is 1. The second-order valence-electron chi connectivity index (χ2n) is 9.11. The maximum Gasteiger partial charge on any atom is 0.317 e. The zero-order chi connectivity index (χ0) is 19.1. The van der Waals surface area contributed by atoms with E-state index < -0.39 is 14.6 Å². The Bertz CT molecular complexity index is 648. The molecular formula is C19H34N4O3S. The van der Waals surface area contributed by atoms with Crippen molar-refractivity contribution in [2.75, 3.05) is 58.6 Å². The van der Waals surface area contributed by atoms with E-state index >= 15 is 0 Å². The molecule has 4 aliphatic rings. The van der Waals surface area contributed by atoms with E-state index in [0.29, 0.717) is 13.1 Å². The second kappa shape index (κ2) is 7.52. The lowest BCUT2D eigenvalue weighted by molar-refractivity contribution is 0.0731. The number of rotatable bonds is 3. The van der Waals surface area contributed by atoms with Crippen LogP contribution in [0.1, 0.15) is 38.5 Å². The Morgan fingerprint density at radius 2 is 1.70 bits per heavy atom. The Kier molecular flexibility index (Phi) is 5.42. The third-order valence-corrected chi connectivity index (χ3v) is 9.91. The summed E-state index contributed by atoms with van der Waals surface area (Å²) < 4.78 is 25.0. The van der Waals surface area contributed by atoms with Gasteiger partial charge in [0, 0.05) is 51.9 Å². The number of piperazine rings is 1. The number of nitrogens with zero attached hydrogens (tertiary/aromatic N) is 3. The molecule has 3 saturated heterocycles. The molecule has 3 aliphatic heterocycles. The molecule has 1 atom stereocenters. The lowest BCUT2D eigenvalue weighted by atomic mass is 9.82. The SMILES string of the molecule is CN1CCN(CC2CCS(=O)(=O)C23CN(C(=O)NC2CCCCC2)C3)CC1. The third kappa shape index (κ3) is 3.72. The minimum Gasteiger partial charge on any atom is -0.335 e. The van der Waals surface area contributed by atoms with E-state index in [1.54, 1.807) is 4.90 Å². The molecule has 27 heavy (non-hydrogen) atoms. The number of urea groups is 1. The molecular weight excluding hydrogens is 364 g/mol. The molecule has 2 amide bonds. The summed E-state index contributed by atoms with van der Waals surface area (Å²) in [6.45, 7) is 5.72. The van der Waals surface area contributed by atoms with E-state index in [1.165, 1.54) is 19.3 Å². The number of hydrogen-bond acceptors (Lipinski definition) is 5. The number of likely N-dealkylation sites (N-methyl/N-ethyl adjacent to an activating group) is 1. The summed E-state index contributed by atoms with van der Waals surface area (Å²) in [5.74, 6) is 0.438. The minimum absolute atomic E-state index is 0.0621. The normalized spacial score (nSPS) is 31.7. The summed E-state index contributed by atoms with van der Waals surface area (Å²) in [6.07, 6.45) is 6.45. The molecule has 1 saturated carbocycles. The first-order chi connectivity index (χ1) is 12.9. The minimum atomic E-state index is -3.12. The fraction of sp³-hybridized carbons (Fsp3) is 0.947. The number of nitrogens with one attached hydrogen (secondary N) is 1. The number of carbonyl (C=O) groups is 1. The maximum atomic E-state index is 12.8. The topological polar surface area (TPSA) is 73.0 Å². The summed E-state index contributed by atoms with van der Waals surface area (Å²) in [7, 11) is -0.986. The smallest absolute Gasteiger partial charge is 0.317 e. The highest BCUT2D eigenvalue weighted by Crippen LogP contribution is 2.45. The Labute approximate surface area is 163 Å². The van der Waals surface area contributed by atoms with Crippen LogP contribution >= 0.6 is 0 Å². The monoisotopic (exact) mass is 398 g/mol. The van der Waals surface area contributed by atoms with Crippen molar-refractivity contribution in [3.8, 4) is 0 Å².